The van der Waals surface area contributed by atoms with Crippen LogP contribution in [0.5, 0.6) is 5.75 Å². The fraction of sp³-hybridized carbons (Fsp3) is 0.190. The number of methoxy groups -OCH3 is 1. The van der Waals surface area contributed by atoms with Gasteiger partial charge in [0.05, 0.1) is 24.1 Å². The Morgan fingerprint density at radius 1 is 1.12 bits per heavy atom. The normalized spacial score (nSPS) is 13.2. The Bertz CT molecular complexity index is 909. The summed E-state index contributed by atoms with van der Waals surface area (Å²) >= 11 is 0. The zero-order valence-electron chi connectivity index (χ0n) is 14.6. The molecule has 0 radical (unpaired) electrons. The van der Waals surface area contributed by atoms with Crippen molar-refractivity contribution in [1.82, 2.24) is 9.97 Å². The van der Waals surface area contributed by atoms with Crippen LogP contribution in [-0.2, 0) is 6.42 Å². The average molecular weight is 345 g/mol. The molecule has 0 fully saturated rings. The molecule has 4 rings (SSSR count). The van der Waals surface area contributed by atoms with Crippen LogP contribution in [0.4, 0.5) is 5.69 Å². The van der Waals surface area contributed by atoms with E-state index < -0.39 is 0 Å². The number of aryl methyl sites for hydroxylation is 1. The summed E-state index contributed by atoms with van der Waals surface area (Å²) in [5.41, 5.74) is 4.39. The number of carbonyl (C=O) groups excluding carboxylic acids is 1. The number of amides is 1. The number of benzene rings is 1. The van der Waals surface area contributed by atoms with E-state index in [9.17, 15) is 4.79 Å². The van der Waals surface area contributed by atoms with E-state index >= 15 is 0 Å². The lowest BCUT2D eigenvalue weighted by molar-refractivity contribution is 0.0984. The number of pyridine rings is 2. The molecule has 3 heterocycles. The maximum atomic E-state index is 13.1. The summed E-state index contributed by atoms with van der Waals surface area (Å²) in [6, 6.07) is 13.4. The predicted octanol–water partition coefficient (Wildman–Crippen LogP) is 3.75. The Morgan fingerprint density at radius 2 is 1.96 bits per heavy atom. The van der Waals surface area contributed by atoms with Crippen LogP contribution in [-0.4, -0.2) is 29.5 Å². The number of carbonyl (C=O) groups is 1. The van der Waals surface area contributed by atoms with Crippen molar-refractivity contribution in [3.8, 4) is 17.0 Å². The largest absolute Gasteiger partial charge is 0.495 e. The van der Waals surface area contributed by atoms with Gasteiger partial charge in [0.15, 0.2) is 0 Å². The fourth-order valence-corrected chi connectivity index (χ4v) is 3.35. The van der Waals surface area contributed by atoms with Crippen LogP contribution in [0, 0.1) is 0 Å². The van der Waals surface area contributed by atoms with Crippen molar-refractivity contribution in [3.05, 3.63) is 72.2 Å². The molecule has 0 spiro atoms. The Labute approximate surface area is 152 Å². The average Bonchev–Trinajstić information content (AvgIpc) is 2.73. The van der Waals surface area contributed by atoms with Crippen molar-refractivity contribution < 1.29 is 9.53 Å². The SMILES string of the molecule is COc1cccc2c1N(C(=O)c1ccc(-c3ccncc3)nc1)CCC2. The molecule has 130 valence electrons. The first-order chi connectivity index (χ1) is 12.8. The monoisotopic (exact) mass is 345 g/mol. The van der Waals surface area contributed by atoms with E-state index in [2.05, 4.69) is 16.0 Å². The van der Waals surface area contributed by atoms with E-state index in [-0.39, 0.29) is 5.91 Å². The highest BCUT2D eigenvalue weighted by atomic mass is 16.5. The van der Waals surface area contributed by atoms with E-state index in [0.717, 1.165) is 41.1 Å². The summed E-state index contributed by atoms with van der Waals surface area (Å²) in [6.07, 6.45) is 6.99. The van der Waals surface area contributed by atoms with Crippen LogP contribution in [0.25, 0.3) is 11.3 Å². The summed E-state index contributed by atoms with van der Waals surface area (Å²) in [5.74, 6) is 0.682. The minimum atomic E-state index is -0.0516. The minimum Gasteiger partial charge on any atom is -0.495 e. The maximum Gasteiger partial charge on any atom is 0.259 e. The first kappa shape index (κ1) is 16.3. The summed E-state index contributed by atoms with van der Waals surface area (Å²) in [4.78, 5) is 23.4. The second-order valence-electron chi connectivity index (χ2n) is 6.20. The predicted molar refractivity (Wildman–Crippen MR) is 100 cm³/mol. The summed E-state index contributed by atoms with van der Waals surface area (Å²) < 4.78 is 5.49. The molecular weight excluding hydrogens is 326 g/mol. The van der Waals surface area contributed by atoms with Gasteiger partial charge in [-0.25, -0.2) is 0 Å². The second-order valence-corrected chi connectivity index (χ2v) is 6.20. The molecule has 5 heteroatoms. The summed E-state index contributed by atoms with van der Waals surface area (Å²) in [7, 11) is 1.64. The molecule has 1 aliphatic heterocycles. The highest BCUT2D eigenvalue weighted by Crippen LogP contribution is 2.36. The van der Waals surface area contributed by atoms with Crippen LogP contribution < -0.4 is 9.64 Å². The highest BCUT2D eigenvalue weighted by Gasteiger charge is 2.26. The van der Waals surface area contributed by atoms with Gasteiger partial charge < -0.3 is 9.64 Å². The zero-order valence-corrected chi connectivity index (χ0v) is 14.6. The van der Waals surface area contributed by atoms with Gasteiger partial charge in [0.1, 0.15) is 5.75 Å². The molecule has 1 aliphatic rings. The van der Waals surface area contributed by atoms with Crippen molar-refractivity contribution in [2.45, 2.75) is 12.8 Å². The van der Waals surface area contributed by atoms with Gasteiger partial charge in [-0.1, -0.05) is 12.1 Å². The third-order valence-electron chi connectivity index (χ3n) is 4.63. The number of hydrogen-bond acceptors (Lipinski definition) is 4. The quantitative estimate of drug-likeness (QED) is 0.725. The van der Waals surface area contributed by atoms with Gasteiger partial charge in [-0.15, -0.1) is 0 Å². The topological polar surface area (TPSA) is 55.3 Å². The van der Waals surface area contributed by atoms with Crippen LogP contribution in [0.2, 0.25) is 0 Å². The molecule has 2 aromatic heterocycles. The minimum absolute atomic E-state index is 0.0516. The van der Waals surface area contributed by atoms with Crippen LogP contribution in [0.3, 0.4) is 0 Å². The van der Waals surface area contributed by atoms with Gasteiger partial charge >= 0.3 is 0 Å². The number of ether oxygens (including phenoxy) is 1. The summed E-state index contributed by atoms with van der Waals surface area (Å²) in [5, 5.41) is 0. The number of para-hydroxylation sites is 1. The van der Waals surface area contributed by atoms with Crippen LogP contribution in [0.15, 0.2) is 61.1 Å². The zero-order chi connectivity index (χ0) is 17.9. The van der Waals surface area contributed by atoms with E-state index in [1.165, 1.54) is 0 Å². The summed E-state index contributed by atoms with van der Waals surface area (Å²) in [6.45, 7) is 0.679. The number of hydrogen-bond donors (Lipinski definition) is 0. The lowest BCUT2D eigenvalue weighted by atomic mass is 10.00. The van der Waals surface area contributed by atoms with Crippen LogP contribution in [0.1, 0.15) is 22.3 Å². The highest BCUT2D eigenvalue weighted by molar-refractivity contribution is 6.07. The van der Waals surface area contributed by atoms with Gasteiger partial charge in [0.25, 0.3) is 5.91 Å². The molecule has 0 N–H and O–H groups in total. The number of anilines is 1. The third kappa shape index (κ3) is 2.92. The molecular formula is C21H19N3O2. The Hall–Kier alpha value is -3.21. The van der Waals surface area contributed by atoms with E-state index in [4.69, 9.17) is 4.74 Å². The molecule has 1 amide bonds. The van der Waals surface area contributed by atoms with Gasteiger partial charge in [-0.2, -0.15) is 0 Å². The van der Waals surface area contributed by atoms with E-state index in [1.807, 2.05) is 36.4 Å². The molecule has 0 aliphatic carbocycles. The van der Waals surface area contributed by atoms with Crippen molar-refractivity contribution >= 4 is 11.6 Å². The molecule has 0 bridgehead atoms. The van der Waals surface area contributed by atoms with E-state index in [0.29, 0.717) is 12.1 Å². The van der Waals surface area contributed by atoms with Gasteiger partial charge in [-0.3, -0.25) is 14.8 Å². The van der Waals surface area contributed by atoms with Gasteiger partial charge in [-0.05, 0) is 48.7 Å². The molecule has 0 saturated carbocycles. The Kier molecular flexibility index (Phi) is 4.35. The standard InChI is InChI=1S/C21H19N3O2/c1-26-19-6-2-4-16-5-3-13-24(20(16)19)21(25)17-7-8-18(23-14-17)15-9-11-22-12-10-15/h2,4,6-12,14H,3,5,13H2,1H3. The fourth-order valence-electron chi connectivity index (χ4n) is 3.35. The first-order valence-electron chi connectivity index (χ1n) is 8.62. The maximum absolute atomic E-state index is 13.1. The second kappa shape index (κ2) is 6.96. The number of rotatable bonds is 3. The first-order valence-corrected chi connectivity index (χ1v) is 8.62. The van der Waals surface area contributed by atoms with E-state index in [1.54, 1.807) is 30.6 Å². The number of fused-ring (bicyclic) bond motifs is 1. The molecule has 26 heavy (non-hydrogen) atoms. The van der Waals surface area contributed by atoms with Crippen molar-refractivity contribution in [1.29, 1.82) is 0 Å². The smallest absolute Gasteiger partial charge is 0.259 e. The van der Waals surface area contributed by atoms with Crippen LogP contribution >= 0.6 is 0 Å². The molecule has 5 nitrogen and oxygen atoms in total. The van der Waals surface area contributed by atoms with Crippen molar-refractivity contribution in [3.63, 3.8) is 0 Å². The lowest BCUT2D eigenvalue weighted by Crippen LogP contribution is -2.35. The molecule has 0 unspecified atom stereocenters. The molecule has 3 aromatic rings. The Balaban J connectivity index is 1.65. The molecule has 0 saturated heterocycles. The number of nitrogens with zero attached hydrogens (tertiary/aromatic N) is 3. The van der Waals surface area contributed by atoms with Crippen molar-refractivity contribution in [2.24, 2.45) is 0 Å². The molecule has 0 atom stereocenters. The van der Waals surface area contributed by atoms with Gasteiger partial charge in [0, 0.05) is 30.7 Å². The third-order valence-corrected chi connectivity index (χ3v) is 4.63. The lowest BCUT2D eigenvalue weighted by Gasteiger charge is -2.31. The van der Waals surface area contributed by atoms with Crippen molar-refractivity contribution in [2.75, 3.05) is 18.6 Å². The van der Waals surface area contributed by atoms with Gasteiger partial charge in [0.2, 0.25) is 0 Å². The molecule has 1 aromatic carbocycles. The Morgan fingerprint density at radius 3 is 2.69 bits per heavy atom. The number of aromatic nitrogens is 2.